The molecule has 0 aliphatic rings. The maximum Gasteiger partial charge on any atom is 0.233 e. The van der Waals surface area contributed by atoms with Gasteiger partial charge in [-0.1, -0.05) is 30.2 Å². The number of benzene rings is 2. The normalized spacial score (nSPS) is 11.8. The maximum atomic E-state index is 11.2. The molecule has 30 heavy (non-hydrogen) atoms. The number of carbonyl (C=O) groups excluding carboxylic acids is 1. The first-order valence-electron chi connectivity index (χ1n) is 9.03. The number of hydrogen-bond acceptors (Lipinski definition) is 6. The molecule has 0 fully saturated rings. The molecule has 0 radical (unpaired) electrons. The lowest BCUT2D eigenvalue weighted by molar-refractivity contribution is -0.158. The number of amides is 1. The van der Waals surface area contributed by atoms with Crippen molar-refractivity contribution in [3.8, 4) is 17.6 Å². The Morgan fingerprint density at radius 1 is 1.20 bits per heavy atom. The SMILES string of the molecule is CC#CCOc1ccc(SCC(c2ccc(CNS(C)(=O)=O)cc2)N(O)C=O)cc1. The first-order valence-corrected chi connectivity index (χ1v) is 11.9. The van der Waals surface area contributed by atoms with E-state index in [0.29, 0.717) is 29.6 Å². The van der Waals surface area contributed by atoms with Gasteiger partial charge in [0.2, 0.25) is 16.4 Å². The van der Waals surface area contributed by atoms with E-state index >= 15 is 0 Å². The van der Waals surface area contributed by atoms with Crippen molar-refractivity contribution in [2.45, 2.75) is 24.4 Å². The minimum absolute atomic E-state index is 0.174. The van der Waals surface area contributed by atoms with Crippen LogP contribution in [0.15, 0.2) is 53.4 Å². The van der Waals surface area contributed by atoms with Gasteiger partial charge in [0.1, 0.15) is 12.4 Å². The van der Waals surface area contributed by atoms with E-state index < -0.39 is 16.1 Å². The molecule has 7 nitrogen and oxygen atoms in total. The quantitative estimate of drug-likeness (QED) is 0.180. The van der Waals surface area contributed by atoms with Crippen LogP contribution >= 0.6 is 11.8 Å². The highest BCUT2D eigenvalue weighted by Crippen LogP contribution is 2.29. The molecule has 2 aromatic rings. The molecular formula is C21H24N2O5S2. The third kappa shape index (κ3) is 8.08. The van der Waals surface area contributed by atoms with E-state index in [0.717, 1.165) is 22.3 Å². The van der Waals surface area contributed by atoms with Crippen LogP contribution in [-0.4, -0.2) is 43.7 Å². The first kappa shape index (κ1) is 23.8. The molecular weight excluding hydrogens is 424 g/mol. The first-order chi connectivity index (χ1) is 14.3. The highest BCUT2D eigenvalue weighted by molar-refractivity contribution is 7.99. The summed E-state index contributed by atoms with van der Waals surface area (Å²) in [6.45, 7) is 2.26. The fraction of sp³-hybridized carbons (Fsp3) is 0.286. The Hall–Kier alpha value is -2.51. The summed E-state index contributed by atoms with van der Waals surface area (Å²) in [5.74, 6) is 6.74. The van der Waals surface area contributed by atoms with Gasteiger partial charge in [0.05, 0.1) is 12.3 Å². The summed E-state index contributed by atoms with van der Waals surface area (Å²) < 4.78 is 30.3. The van der Waals surface area contributed by atoms with Crippen molar-refractivity contribution in [2.75, 3.05) is 18.6 Å². The Kier molecular flexibility index (Phi) is 9.20. The second kappa shape index (κ2) is 11.6. The summed E-state index contributed by atoms with van der Waals surface area (Å²) in [6, 6.07) is 14.0. The molecule has 0 bridgehead atoms. The fourth-order valence-electron chi connectivity index (χ4n) is 2.47. The van der Waals surface area contributed by atoms with Crippen LogP contribution in [0.4, 0.5) is 0 Å². The molecule has 0 saturated heterocycles. The zero-order valence-electron chi connectivity index (χ0n) is 16.7. The van der Waals surface area contributed by atoms with E-state index in [9.17, 15) is 18.4 Å². The zero-order valence-corrected chi connectivity index (χ0v) is 18.4. The molecule has 0 aliphatic carbocycles. The minimum atomic E-state index is -3.28. The Morgan fingerprint density at radius 2 is 1.87 bits per heavy atom. The highest BCUT2D eigenvalue weighted by atomic mass is 32.2. The Balaban J connectivity index is 2.02. The van der Waals surface area contributed by atoms with E-state index in [-0.39, 0.29) is 6.54 Å². The number of thioether (sulfide) groups is 1. The van der Waals surface area contributed by atoms with Crippen molar-refractivity contribution in [2.24, 2.45) is 0 Å². The van der Waals surface area contributed by atoms with Crippen molar-refractivity contribution in [3.63, 3.8) is 0 Å². The summed E-state index contributed by atoms with van der Waals surface area (Å²) in [5.41, 5.74) is 1.51. The monoisotopic (exact) mass is 448 g/mol. The van der Waals surface area contributed by atoms with E-state index in [1.165, 1.54) is 11.8 Å². The molecule has 0 heterocycles. The molecule has 0 spiro atoms. The molecule has 9 heteroatoms. The van der Waals surface area contributed by atoms with E-state index in [1.54, 1.807) is 31.2 Å². The number of carbonyl (C=O) groups is 1. The smallest absolute Gasteiger partial charge is 0.233 e. The van der Waals surface area contributed by atoms with E-state index in [2.05, 4.69) is 16.6 Å². The number of hydroxylamine groups is 2. The van der Waals surface area contributed by atoms with Gasteiger partial charge in [-0.25, -0.2) is 18.2 Å². The van der Waals surface area contributed by atoms with Crippen molar-refractivity contribution in [1.82, 2.24) is 9.79 Å². The molecule has 160 valence electrons. The third-order valence-electron chi connectivity index (χ3n) is 4.05. The van der Waals surface area contributed by atoms with Crippen LogP contribution in [0.2, 0.25) is 0 Å². The van der Waals surface area contributed by atoms with Crippen LogP contribution in [0.25, 0.3) is 0 Å². The predicted molar refractivity (Wildman–Crippen MR) is 117 cm³/mol. The van der Waals surface area contributed by atoms with Crippen LogP contribution in [0.3, 0.4) is 0 Å². The summed E-state index contributed by atoms with van der Waals surface area (Å²) >= 11 is 1.49. The number of ether oxygens (including phenoxy) is 1. The van der Waals surface area contributed by atoms with E-state index in [4.69, 9.17) is 4.74 Å². The second-order valence-corrected chi connectivity index (χ2v) is 9.26. The summed E-state index contributed by atoms with van der Waals surface area (Å²) in [4.78, 5) is 12.1. The van der Waals surface area contributed by atoms with Gasteiger partial charge in [-0.3, -0.25) is 10.0 Å². The Morgan fingerprint density at radius 3 is 2.43 bits per heavy atom. The molecule has 0 aliphatic heterocycles. The predicted octanol–water partition coefficient (Wildman–Crippen LogP) is 2.82. The Bertz CT molecular complexity index is 981. The number of rotatable bonds is 11. The number of sulfonamides is 1. The topological polar surface area (TPSA) is 95.9 Å². The largest absolute Gasteiger partial charge is 0.481 e. The standard InChI is InChI=1S/C21H24N2O5S2/c1-3-4-13-28-19-9-11-20(12-10-19)29-15-21(23(25)16-24)18-7-5-17(6-8-18)14-22-30(2,26)27/h5-12,16,21-22,25H,13-15H2,1-2H3. The second-order valence-electron chi connectivity index (χ2n) is 6.33. The fourth-order valence-corrected chi connectivity index (χ4v) is 3.92. The van der Waals surface area contributed by atoms with Gasteiger partial charge in [-0.15, -0.1) is 17.7 Å². The highest BCUT2D eigenvalue weighted by Gasteiger charge is 2.18. The van der Waals surface area contributed by atoms with Gasteiger partial charge in [0, 0.05) is 17.2 Å². The molecule has 2 N–H and O–H groups in total. The van der Waals surface area contributed by atoms with Gasteiger partial charge >= 0.3 is 0 Å². The minimum Gasteiger partial charge on any atom is -0.481 e. The van der Waals surface area contributed by atoms with Crippen molar-refractivity contribution in [3.05, 3.63) is 59.7 Å². The van der Waals surface area contributed by atoms with Gasteiger partial charge in [0.15, 0.2) is 0 Å². The average Bonchev–Trinajstić information content (AvgIpc) is 2.73. The number of nitrogens with zero attached hydrogens (tertiary/aromatic N) is 1. The van der Waals surface area contributed by atoms with Crippen LogP contribution in [0, 0.1) is 11.8 Å². The molecule has 1 atom stereocenters. The van der Waals surface area contributed by atoms with Crippen molar-refractivity contribution < 1.29 is 23.2 Å². The van der Waals surface area contributed by atoms with Gasteiger partial charge in [0.25, 0.3) is 0 Å². The summed E-state index contributed by atoms with van der Waals surface area (Å²) in [5, 5.41) is 10.7. The lowest BCUT2D eigenvalue weighted by Gasteiger charge is -2.23. The average molecular weight is 449 g/mol. The molecule has 1 unspecified atom stereocenters. The van der Waals surface area contributed by atoms with Crippen LogP contribution in [0.5, 0.6) is 5.75 Å². The molecule has 2 aromatic carbocycles. The number of hydrogen-bond donors (Lipinski definition) is 2. The van der Waals surface area contributed by atoms with Gasteiger partial charge in [-0.2, -0.15) is 0 Å². The van der Waals surface area contributed by atoms with Crippen LogP contribution in [-0.2, 0) is 21.4 Å². The number of nitrogens with one attached hydrogen (secondary N) is 1. The van der Waals surface area contributed by atoms with Gasteiger partial charge in [-0.05, 0) is 42.3 Å². The maximum absolute atomic E-state index is 11.2. The van der Waals surface area contributed by atoms with E-state index in [1.807, 2.05) is 24.3 Å². The third-order valence-corrected chi connectivity index (χ3v) is 5.81. The molecule has 0 aromatic heterocycles. The zero-order chi connectivity index (χ0) is 22.0. The van der Waals surface area contributed by atoms with Crippen molar-refractivity contribution >= 4 is 28.2 Å². The lowest BCUT2D eigenvalue weighted by Crippen LogP contribution is -2.25. The molecule has 1 amide bonds. The van der Waals surface area contributed by atoms with Crippen LogP contribution in [0.1, 0.15) is 24.1 Å². The van der Waals surface area contributed by atoms with Crippen LogP contribution < -0.4 is 9.46 Å². The lowest BCUT2D eigenvalue weighted by atomic mass is 10.1. The summed E-state index contributed by atoms with van der Waals surface area (Å²) in [6.07, 6.45) is 1.47. The Labute approximate surface area is 181 Å². The molecule has 0 saturated carbocycles. The van der Waals surface area contributed by atoms with Gasteiger partial charge < -0.3 is 4.74 Å². The molecule has 2 rings (SSSR count). The summed E-state index contributed by atoms with van der Waals surface area (Å²) in [7, 11) is -3.28. The van der Waals surface area contributed by atoms with Crippen molar-refractivity contribution in [1.29, 1.82) is 0 Å².